The summed E-state index contributed by atoms with van der Waals surface area (Å²) in [5.74, 6) is -0.231. The van der Waals surface area contributed by atoms with Crippen LogP contribution in [0.3, 0.4) is 0 Å². The van der Waals surface area contributed by atoms with E-state index in [0.29, 0.717) is 32.7 Å². The molecule has 0 aliphatic carbocycles. The smallest absolute Gasteiger partial charge is 0.261 e. The van der Waals surface area contributed by atoms with Gasteiger partial charge in [-0.05, 0) is 30.5 Å². The van der Waals surface area contributed by atoms with Crippen LogP contribution in [0.1, 0.15) is 17.3 Å². The Morgan fingerprint density at radius 2 is 2.04 bits per heavy atom. The molecule has 1 saturated heterocycles. The van der Waals surface area contributed by atoms with E-state index in [1.165, 1.54) is 0 Å². The maximum atomic E-state index is 12.6. The van der Waals surface area contributed by atoms with Crippen molar-refractivity contribution < 1.29 is 9.90 Å². The minimum absolute atomic E-state index is 0.180. The number of rotatable bonds is 4. The molecule has 3 heterocycles. The zero-order chi connectivity index (χ0) is 17.1. The molecule has 128 valence electrons. The largest absolute Gasteiger partial charge is 0.392 e. The molecule has 6 nitrogen and oxygen atoms in total. The third-order valence-corrected chi connectivity index (χ3v) is 5.01. The Balaban J connectivity index is 1.69. The average molecular weight is 347 g/mol. The molecular weight excluding hydrogens is 326 g/mol. The minimum Gasteiger partial charge on any atom is -0.392 e. The van der Waals surface area contributed by atoms with Crippen LogP contribution in [-0.2, 0) is 0 Å². The number of carbonyl (C=O) groups is 1. The van der Waals surface area contributed by atoms with Crippen molar-refractivity contribution in [3.05, 3.63) is 45.6 Å². The minimum atomic E-state index is -0.375. The molecule has 3 rings (SSSR count). The number of aromatic amines is 1. The third kappa shape index (κ3) is 3.75. The Kier molecular flexibility index (Phi) is 5.13. The number of amides is 1. The number of thiophene rings is 1. The Morgan fingerprint density at radius 1 is 1.29 bits per heavy atom. The van der Waals surface area contributed by atoms with Gasteiger partial charge in [-0.15, -0.1) is 11.3 Å². The van der Waals surface area contributed by atoms with E-state index in [1.807, 2.05) is 17.5 Å². The van der Waals surface area contributed by atoms with Crippen molar-refractivity contribution >= 4 is 17.2 Å². The van der Waals surface area contributed by atoms with Crippen LogP contribution in [0.15, 0.2) is 34.4 Å². The quantitative estimate of drug-likeness (QED) is 0.872. The molecule has 7 heteroatoms. The number of carbonyl (C=O) groups excluding carboxylic acids is 1. The van der Waals surface area contributed by atoms with Crippen LogP contribution in [0.4, 0.5) is 0 Å². The number of pyridine rings is 1. The van der Waals surface area contributed by atoms with Crippen molar-refractivity contribution in [3.8, 4) is 10.6 Å². The van der Waals surface area contributed by atoms with Gasteiger partial charge in [0.05, 0.1) is 16.7 Å². The first-order valence-electron chi connectivity index (χ1n) is 8.01. The molecule has 1 amide bonds. The summed E-state index contributed by atoms with van der Waals surface area (Å²) in [7, 11) is 0. The van der Waals surface area contributed by atoms with Crippen molar-refractivity contribution in [2.24, 2.45) is 0 Å². The summed E-state index contributed by atoms with van der Waals surface area (Å²) in [6.07, 6.45) is -0.375. The van der Waals surface area contributed by atoms with Crippen LogP contribution in [-0.4, -0.2) is 64.6 Å². The van der Waals surface area contributed by atoms with E-state index >= 15 is 0 Å². The highest BCUT2D eigenvalue weighted by Crippen LogP contribution is 2.21. The lowest BCUT2D eigenvalue weighted by Crippen LogP contribution is -2.50. The molecule has 24 heavy (non-hydrogen) atoms. The second kappa shape index (κ2) is 7.29. The molecule has 2 aromatic heterocycles. The van der Waals surface area contributed by atoms with Gasteiger partial charge in [-0.1, -0.05) is 6.07 Å². The van der Waals surface area contributed by atoms with Gasteiger partial charge in [0.25, 0.3) is 11.5 Å². The van der Waals surface area contributed by atoms with E-state index < -0.39 is 0 Å². The van der Waals surface area contributed by atoms with Crippen molar-refractivity contribution in [1.82, 2.24) is 14.8 Å². The summed E-state index contributed by atoms with van der Waals surface area (Å²) >= 11 is 1.54. The average Bonchev–Trinajstić information content (AvgIpc) is 3.09. The number of aliphatic hydroxyl groups excluding tert-OH is 1. The molecule has 1 fully saturated rings. The third-order valence-electron chi connectivity index (χ3n) is 4.11. The Morgan fingerprint density at radius 3 is 2.62 bits per heavy atom. The number of piperazine rings is 1. The van der Waals surface area contributed by atoms with E-state index in [-0.39, 0.29) is 23.1 Å². The van der Waals surface area contributed by atoms with Crippen LogP contribution in [0, 0.1) is 0 Å². The number of hydrogen-bond donors (Lipinski definition) is 2. The summed E-state index contributed by atoms with van der Waals surface area (Å²) in [6, 6.07) is 7.24. The number of β-amino-alcohol motifs (C(OH)–C–C–N with tert-alkyl or cyclic N) is 1. The first-order valence-corrected chi connectivity index (χ1v) is 8.89. The molecule has 2 aromatic rings. The zero-order valence-corrected chi connectivity index (χ0v) is 14.4. The van der Waals surface area contributed by atoms with Crippen LogP contribution in [0.2, 0.25) is 0 Å². The zero-order valence-electron chi connectivity index (χ0n) is 13.6. The van der Waals surface area contributed by atoms with Crippen LogP contribution in [0.5, 0.6) is 0 Å². The van der Waals surface area contributed by atoms with Gasteiger partial charge < -0.3 is 15.0 Å². The SMILES string of the molecule is C[C@H](O)CN1CCN(C(=O)c2ccc(-c3cccs3)[nH]c2=O)CC1. The van der Waals surface area contributed by atoms with Gasteiger partial charge in [0.1, 0.15) is 5.56 Å². The molecule has 1 aliphatic heterocycles. The molecule has 0 aromatic carbocycles. The monoisotopic (exact) mass is 347 g/mol. The lowest BCUT2D eigenvalue weighted by atomic mass is 10.2. The van der Waals surface area contributed by atoms with Gasteiger partial charge in [0.2, 0.25) is 0 Å². The Hall–Kier alpha value is -1.96. The number of H-pyrrole nitrogens is 1. The van der Waals surface area contributed by atoms with E-state index in [0.717, 1.165) is 10.6 Å². The lowest BCUT2D eigenvalue weighted by Gasteiger charge is -2.35. The van der Waals surface area contributed by atoms with Crippen molar-refractivity contribution in [3.63, 3.8) is 0 Å². The van der Waals surface area contributed by atoms with Gasteiger partial charge in [-0.3, -0.25) is 14.5 Å². The molecule has 0 radical (unpaired) electrons. The Bertz CT molecular complexity index is 747. The Labute approximate surface area is 144 Å². The van der Waals surface area contributed by atoms with Crippen molar-refractivity contribution in [2.45, 2.75) is 13.0 Å². The summed E-state index contributed by atoms with van der Waals surface area (Å²) < 4.78 is 0. The molecular formula is C17H21N3O3S. The van der Waals surface area contributed by atoms with Gasteiger partial charge in [-0.2, -0.15) is 0 Å². The topological polar surface area (TPSA) is 76.6 Å². The van der Waals surface area contributed by atoms with E-state index in [1.54, 1.807) is 35.3 Å². The summed E-state index contributed by atoms with van der Waals surface area (Å²) in [5, 5.41) is 11.4. The fourth-order valence-corrected chi connectivity index (χ4v) is 3.60. The maximum absolute atomic E-state index is 12.6. The van der Waals surface area contributed by atoms with Crippen LogP contribution < -0.4 is 5.56 Å². The molecule has 0 unspecified atom stereocenters. The fourth-order valence-electron chi connectivity index (χ4n) is 2.90. The highest BCUT2D eigenvalue weighted by molar-refractivity contribution is 7.13. The van der Waals surface area contributed by atoms with Gasteiger partial charge in [0.15, 0.2) is 0 Å². The number of nitrogens with zero attached hydrogens (tertiary/aromatic N) is 2. The van der Waals surface area contributed by atoms with Crippen molar-refractivity contribution in [2.75, 3.05) is 32.7 Å². The second-order valence-corrected chi connectivity index (χ2v) is 6.98. The fraction of sp³-hybridized carbons (Fsp3) is 0.412. The van der Waals surface area contributed by atoms with Gasteiger partial charge >= 0.3 is 0 Å². The normalized spacial score (nSPS) is 17.0. The first-order chi connectivity index (χ1) is 11.5. The predicted molar refractivity (Wildman–Crippen MR) is 94.4 cm³/mol. The predicted octanol–water partition coefficient (Wildman–Crippen LogP) is 1.24. The first kappa shape index (κ1) is 16.9. The summed E-state index contributed by atoms with van der Waals surface area (Å²) in [6.45, 7) is 4.92. The molecule has 1 aliphatic rings. The molecule has 2 N–H and O–H groups in total. The number of nitrogens with one attached hydrogen (secondary N) is 1. The number of hydrogen-bond acceptors (Lipinski definition) is 5. The summed E-state index contributed by atoms with van der Waals surface area (Å²) in [4.78, 5) is 32.5. The van der Waals surface area contributed by atoms with Gasteiger partial charge in [0, 0.05) is 32.7 Å². The highest BCUT2D eigenvalue weighted by Gasteiger charge is 2.24. The van der Waals surface area contributed by atoms with Crippen molar-refractivity contribution in [1.29, 1.82) is 0 Å². The van der Waals surface area contributed by atoms with Gasteiger partial charge in [-0.25, -0.2) is 0 Å². The summed E-state index contributed by atoms with van der Waals surface area (Å²) in [5.41, 5.74) is 0.560. The maximum Gasteiger partial charge on any atom is 0.261 e. The molecule has 1 atom stereocenters. The highest BCUT2D eigenvalue weighted by atomic mass is 32.1. The molecule has 0 bridgehead atoms. The lowest BCUT2D eigenvalue weighted by molar-refractivity contribution is 0.0552. The molecule has 0 spiro atoms. The second-order valence-electron chi connectivity index (χ2n) is 6.03. The number of aliphatic hydroxyl groups is 1. The standard InChI is InChI=1S/C17H21N3O3S/c1-12(21)11-19-6-8-20(9-7-19)17(23)13-4-5-14(18-16(13)22)15-3-2-10-24-15/h2-5,10,12,21H,6-9,11H2,1H3,(H,18,22)/t12-/m0/s1. The van der Waals surface area contributed by atoms with E-state index in [2.05, 4.69) is 9.88 Å². The van der Waals surface area contributed by atoms with Crippen LogP contribution in [0.25, 0.3) is 10.6 Å². The molecule has 0 saturated carbocycles. The van der Waals surface area contributed by atoms with E-state index in [9.17, 15) is 14.7 Å². The number of aromatic nitrogens is 1. The van der Waals surface area contributed by atoms with E-state index in [4.69, 9.17) is 0 Å². The van der Waals surface area contributed by atoms with Crippen LogP contribution >= 0.6 is 11.3 Å².